The molecule has 0 radical (unpaired) electrons. The lowest BCUT2D eigenvalue weighted by molar-refractivity contribution is 0.0976. The lowest BCUT2D eigenvalue weighted by Crippen LogP contribution is -2.23. The lowest BCUT2D eigenvalue weighted by Gasteiger charge is -2.21. The number of aliphatic hydroxyl groups is 1. The molecule has 1 aromatic heterocycles. The summed E-state index contributed by atoms with van der Waals surface area (Å²) in [5, 5.41) is 20.3. The van der Waals surface area contributed by atoms with E-state index in [0.717, 1.165) is 0 Å². The first-order valence-electron chi connectivity index (χ1n) is 8.93. The predicted octanol–water partition coefficient (Wildman–Crippen LogP) is 3.07. The van der Waals surface area contributed by atoms with Crippen LogP contribution in [0.25, 0.3) is 11.0 Å². The average molecular weight is 378 g/mol. The molecule has 6 heteroatoms. The maximum Gasteiger partial charge on any atom is 0.202 e. The quantitative estimate of drug-likeness (QED) is 0.555. The molecule has 0 unspecified atom stereocenters. The molecule has 0 saturated carbocycles. The molecule has 4 rings (SSSR count). The highest BCUT2D eigenvalue weighted by molar-refractivity contribution is 6.32. The molecule has 2 atom stereocenters. The van der Waals surface area contributed by atoms with Gasteiger partial charge in [0.05, 0.1) is 22.6 Å². The number of rotatable bonds is 2. The number of carbonyl (C=O) groups is 2. The minimum Gasteiger partial charge on any atom is -0.507 e. The van der Waals surface area contributed by atoms with Crippen LogP contribution in [-0.2, 0) is 0 Å². The van der Waals surface area contributed by atoms with Gasteiger partial charge in [-0.15, -0.1) is 0 Å². The zero-order chi connectivity index (χ0) is 20.3. The molecular formula is C22H18O6. The second kappa shape index (κ2) is 6.14. The van der Waals surface area contributed by atoms with Crippen molar-refractivity contribution in [1.82, 2.24) is 0 Å². The van der Waals surface area contributed by atoms with Gasteiger partial charge in [0.2, 0.25) is 5.78 Å². The molecule has 0 amide bonds. The number of fused-ring (bicyclic) bond motifs is 4. The second-order valence-corrected chi connectivity index (χ2v) is 7.22. The van der Waals surface area contributed by atoms with Crippen LogP contribution in [0.3, 0.4) is 0 Å². The molecule has 142 valence electrons. The molecule has 0 spiro atoms. The first-order chi connectivity index (χ1) is 13.2. The third-order valence-electron chi connectivity index (χ3n) is 5.38. The van der Waals surface area contributed by atoms with Gasteiger partial charge in [0.15, 0.2) is 11.2 Å². The third-order valence-corrected chi connectivity index (χ3v) is 5.38. The van der Waals surface area contributed by atoms with Gasteiger partial charge in [0.1, 0.15) is 17.1 Å². The Morgan fingerprint density at radius 3 is 2.36 bits per heavy atom. The van der Waals surface area contributed by atoms with Crippen molar-refractivity contribution >= 4 is 22.5 Å². The molecule has 2 aromatic carbocycles. The number of aryl methyl sites for hydroxylation is 1. The van der Waals surface area contributed by atoms with E-state index in [1.165, 1.54) is 30.3 Å². The molecule has 3 aromatic rings. The van der Waals surface area contributed by atoms with Crippen LogP contribution in [0.2, 0.25) is 0 Å². The summed E-state index contributed by atoms with van der Waals surface area (Å²) < 4.78 is 5.90. The van der Waals surface area contributed by atoms with E-state index in [2.05, 4.69) is 0 Å². The summed E-state index contributed by atoms with van der Waals surface area (Å²) in [4.78, 5) is 38.9. The highest BCUT2D eigenvalue weighted by Gasteiger charge is 2.35. The fourth-order valence-corrected chi connectivity index (χ4v) is 3.65. The molecule has 2 N–H and O–H groups in total. The van der Waals surface area contributed by atoms with Crippen LogP contribution in [0.4, 0.5) is 0 Å². The number of phenolic OH excluding ortho intramolecular Hbond substituents is 1. The number of hydrogen-bond acceptors (Lipinski definition) is 6. The summed E-state index contributed by atoms with van der Waals surface area (Å²) in [6.45, 7) is 4.95. The van der Waals surface area contributed by atoms with Crippen molar-refractivity contribution in [2.45, 2.75) is 32.8 Å². The van der Waals surface area contributed by atoms with Gasteiger partial charge in [-0.05, 0) is 31.5 Å². The lowest BCUT2D eigenvalue weighted by atomic mass is 9.81. The van der Waals surface area contributed by atoms with E-state index in [9.17, 15) is 24.6 Å². The maximum atomic E-state index is 13.2. The van der Waals surface area contributed by atoms with E-state index in [1.807, 2.05) is 0 Å². The van der Waals surface area contributed by atoms with E-state index < -0.39 is 23.6 Å². The van der Waals surface area contributed by atoms with Crippen LogP contribution >= 0.6 is 0 Å². The summed E-state index contributed by atoms with van der Waals surface area (Å²) in [6, 6.07) is 7.14. The topological polar surface area (TPSA) is 105 Å². The van der Waals surface area contributed by atoms with Crippen molar-refractivity contribution in [2.24, 2.45) is 0 Å². The summed E-state index contributed by atoms with van der Waals surface area (Å²) in [5.74, 6) is -1.54. The Morgan fingerprint density at radius 1 is 0.964 bits per heavy atom. The summed E-state index contributed by atoms with van der Waals surface area (Å²) in [5.41, 5.74) is 0.302. The van der Waals surface area contributed by atoms with Crippen LogP contribution < -0.4 is 5.43 Å². The van der Waals surface area contributed by atoms with Crippen LogP contribution in [0, 0.1) is 6.92 Å². The number of benzene rings is 2. The highest BCUT2D eigenvalue weighted by Crippen LogP contribution is 2.37. The molecular weight excluding hydrogens is 360 g/mol. The minimum absolute atomic E-state index is 0.0113. The van der Waals surface area contributed by atoms with Crippen molar-refractivity contribution in [3.05, 3.63) is 74.1 Å². The second-order valence-electron chi connectivity index (χ2n) is 7.22. The van der Waals surface area contributed by atoms with Gasteiger partial charge in [-0.25, -0.2) is 0 Å². The highest BCUT2D eigenvalue weighted by atomic mass is 16.3. The monoisotopic (exact) mass is 378 g/mol. The van der Waals surface area contributed by atoms with Gasteiger partial charge in [0.25, 0.3) is 0 Å². The molecule has 0 fully saturated rings. The van der Waals surface area contributed by atoms with E-state index in [1.54, 1.807) is 20.8 Å². The van der Waals surface area contributed by atoms with Crippen molar-refractivity contribution < 1.29 is 24.2 Å². The largest absolute Gasteiger partial charge is 0.507 e. The Hall–Kier alpha value is -3.25. The smallest absolute Gasteiger partial charge is 0.202 e. The van der Waals surface area contributed by atoms with E-state index >= 15 is 0 Å². The van der Waals surface area contributed by atoms with E-state index in [-0.39, 0.29) is 50.2 Å². The zero-order valence-electron chi connectivity index (χ0n) is 15.6. The molecule has 0 bridgehead atoms. The standard InChI is InChI=1S/C22H18O6/c1-9-7-13-19(21(27)18-12(20(13)26)5-4-6-14(18)24)22-17(9)15(25)8-16(28-22)10(2)11(3)23/h4-8,10-11,23-24H,1-3H3/t10-,11-/m0/s1. The minimum atomic E-state index is -0.775. The number of hydrogen-bond donors (Lipinski definition) is 2. The molecule has 6 nitrogen and oxygen atoms in total. The normalized spacial score (nSPS) is 15.3. The predicted molar refractivity (Wildman–Crippen MR) is 102 cm³/mol. The van der Waals surface area contributed by atoms with Gasteiger partial charge in [-0.3, -0.25) is 14.4 Å². The van der Waals surface area contributed by atoms with Crippen LogP contribution in [0.15, 0.2) is 39.5 Å². The third kappa shape index (κ3) is 2.42. The zero-order valence-corrected chi connectivity index (χ0v) is 15.6. The summed E-state index contributed by atoms with van der Waals surface area (Å²) >= 11 is 0. The van der Waals surface area contributed by atoms with Gasteiger partial charge in [0, 0.05) is 23.1 Å². The number of ketones is 2. The summed E-state index contributed by atoms with van der Waals surface area (Å²) in [7, 11) is 0. The molecule has 0 aliphatic heterocycles. The molecule has 1 aliphatic rings. The van der Waals surface area contributed by atoms with Crippen LogP contribution in [0.5, 0.6) is 5.75 Å². The first kappa shape index (κ1) is 18.1. The number of carbonyl (C=O) groups excluding carboxylic acids is 2. The van der Waals surface area contributed by atoms with Gasteiger partial charge < -0.3 is 14.6 Å². The van der Waals surface area contributed by atoms with Crippen molar-refractivity contribution in [3.63, 3.8) is 0 Å². The maximum absolute atomic E-state index is 13.2. The Labute approximate surface area is 160 Å². The Morgan fingerprint density at radius 2 is 1.68 bits per heavy atom. The van der Waals surface area contributed by atoms with Crippen molar-refractivity contribution in [3.8, 4) is 5.75 Å². The van der Waals surface area contributed by atoms with Gasteiger partial charge in [-0.1, -0.05) is 19.1 Å². The Bertz CT molecular complexity index is 1230. The van der Waals surface area contributed by atoms with Gasteiger partial charge in [-0.2, -0.15) is 0 Å². The molecule has 0 saturated heterocycles. The van der Waals surface area contributed by atoms with E-state index in [0.29, 0.717) is 5.56 Å². The van der Waals surface area contributed by atoms with Crippen LogP contribution in [0.1, 0.15) is 62.9 Å². The SMILES string of the molecule is Cc1cc2c(c3oc([C@@H](C)[C@H](C)O)cc(=O)c13)C(=O)c1c(O)cccc1C2=O. The molecule has 28 heavy (non-hydrogen) atoms. The van der Waals surface area contributed by atoms with Crippen molar-refractivity contribution in [2.75, 3.05) is 0 Å². The van der Waals surface area contributed by atoms with Crippen molar-refractivity contribution in [1.29, 1.82) is 0 Å². The fourth-order valence-electron chi connectivity index (χ4n) is 3.65. The Kier molecular flexibility index (Phi) is 3.97. The number of aromatic hydroxyl groups is 1. The van der Waals surface area contributed by atoms with Crippen LogP contribution in [-0.4, -0.2) is 27.9 Å². The first-order valence-corrected chi connectivity index (χ1v) is 8.93. The fraction of sp³-hybridized carbons (Fsp3) is 0.227. The van der Waals surface area contributed by atoms with Gasteiger partial charge >= 0.3 is 0 Å². The van der Waals surface area contributed by atoms with E-state index in [4.69, 9.17) is 4.42 Å². The number of aliphatic hydroxyl groups excluding tert-OH is 1. The molecule has 1 aliphatic carbocycles. The Balaban J connectivity index is 2.13. The number of phenols is 1. The molecule has 1 heterocycles. The average Bonchev–Trinajstić information content (AvgIpc) is 2.64. The summed E-state index contributed by atoms with van der Waals surface area (Å²) in [6.07, 6.45) is -0.775.